The zero-order valence-electron chi connectivity index (χ0n) is 12.5. The number of hydrogen-bond acceptors (Lipinski definition) is 6. The van der Waals surface area contributed by atoms with E-state index in [2.05, 4.69) is 5.16 Å². The van der Waals surface area contributed by atoms with Crippen molar-refractivity contribution in [2.45, 2.75) is 51.5 Å². The Balaban J connectivity index is 2.75. The molecule has 0 spiro atoms. The summed E-state index contributed by atoms with van der Waals surface area (Å²) in [5.41, 5.74) is 0. The number of oxime groups is 1. The molecule has 0 aromatic rings. The van der Waals surface area contributed by atoms with E-state index < -0.39 is 12.4 Å². The highest BCUT2D eigenvalue weighted by molar-refractivity contribution is 5.58. The Morgan fingerprint density at radius 1 is 1.00 bits per heavy atom. The molecule has 0 aliphatic carbocycles. The predicted molar refractivity (Wildman–Crippen MR) is 71.1 cm³/mol. The molecule has 0 bridgehead atoms. The average Bonchev–Trinajstić information content (AvgIpc) is 2.37. The molecule has 1 fully saturated rings. The third-order valence-corrected chi connectivity index (χ3v) is 3.07. The molecular formula is C13H25NO5. The molecule has 1 aliphatic heterocycles. The van der Waals surface area contributed by atoms with E-state index in [1.54, 1.807) is 27.5 Å². The first-order chi connectivity index (χ1) is 9.04. The van der Waals surface area contributed by atoms with E-state index in [1.165, 1.54) is 0 Å². The lowest BCUT2D eigenvalue weighted by atomic mass is 9.99. The monoisotopic (exact) mass is 275 g/mol. The summed E-state index contributed by atoms with van der Waals surface area (Å²) in [6.45, 7) is 5.95. The Bertz CT molecular complexity index is 284. The van der Waals surface area contributed by atoms with Crippen LogP contribution in [0.2, 0.25) is 0 Å². The van der Waals surface area contributed by atoms with Crippen LogP contribution in [0.15, 0.2) is 5.16 Å². The molecule has 1 saturated heterocycles. The summed E-state index contributed by atoms with van der Waals surface area (Å²) >= 11 is 0. The van der Waals surface area contributed by atoms with Gasteiger partial charge >= 0.3 is 0 Å². The highest BCUT2D eigenvalue weighted by Crippen LogP contribution is 2.27. The lowest BCUT2D eigenvalue weighted by molar-refractivity contribution is -0.305. The van der Waals surface area contributed by atoms with Crippen molar-refractivity contribution in [1.82, 2.24) is 0 Å². The minimum Gasteiger partial charge on any atom is -0.376 e. The molecule has 1 heterocycles. The van der Waals surface area contributed by atoms with Crippen LogP contribution >= 0.6 is 0 Å². The quantitative estimate of drug-likeness (QED) is 0.542. The van der Waals surface area contributed by atoms with Crippen LogP contribution in [0.1, 0.15) is 20.8 Å². The average molecular weight is 275 g/mol. The van der Waals surface area contributed by atoms with Gasteiger partial charge in [0.2, 0.25) is 0 Å². The maximum Gasteiger partial charge on any atom is 0.256 e. The SMILES string of the molecule is CO[C@@H]1[C@@H](OC)[C@H](C)O[C@@H](O/N=C/C(C)C)[C@@H]1OC. The van der Waals surface area contributed by atoms with Gasteiger partial charge in [0, 0.05) is 27.5 Å². The summed E-state index contributed by atoms with van der Waals surface area (Å²) < 4.78 is 22.0. The molecular weight excluding hydrogens is 250 g/mol. The van der Waals surface area contributed by atoms with E-state index in [1.807, 2.05) is 20.8 Å². The van der Waals surface area contributed by atoms with Crippen molar-refractivity contribution in [3.63, 3.8) is 0 Å². The maximum atomic E-state index is 5.74. The van der Waals surface area contributed by atoms with Gasteiger partial charge in [-0.3, -0.25) is 0 Å². The smallest absolute Gasteiger partial charge is 0.256 e. The van der Waals surface area contributed by atoms with Crippen molar-refractivity contribution in [3.8, 4) is 0 Å². The highest BCUT2D eigenvalue weighted by Gasteiger charge is 2.46. The van der Waals surface area contributed by atoms with Crippen LogP contribution in [0, 0.1) is 5.92 Å². The van der Waals surface area contributed by atoms with Crippen LogP contribution in [0.4, 0.5) is 0 Å². The maximum absolute atomic E-state index is 5.74. The number of nitrogens with zero attached hydrogens (tertiary/aromatic N) is 1. The molecule has 1 aliphatic rings. The second-order valence-corrected chi connectivity index (χ2v) is 4.91. The third-order valence-electron chi connectivity index (χ3n) is 3.07. The van der Waals surface area contributed by atoms with E-state index in [9.17, 15) is 0 Å². The summed E-state index contributed by atoms with van der Waals surface area (Å²) in [4.78, 5) is 5.38. The minimum absolute atomic E-state index is 0.166. The van der Waals surface area contributed by atoms with Gasteiger partial charge in [0.05, 0.1) is 6.10 Å². The first-order valence-electron chi connectivity index (χ1n) is 6.48. The van der Waals surface area contributed by atoms with Gasteiger partial charge in [0.1, 0.15) is 12.2 Å². The van der Waals surface area contributed by atoms with E-state index in [-0.39, 0.29) is 18.3 Å². The van der Waals surface area contributed by atoms with Crippen LogP contribution in [-0.2, 0) is 23.8 Å². The fourth-order valence-electron chi connectivity index (χ4n) is 2.12. The zero-order valence-corrected chi connectivity index (χ0v) is 12.5. The summed E-state index contributed by atoms with van der Waals surface area (Å²) in [6.07, 6.45) is 0.0783. The van der Waals surface area contributed by atoms with Gasteiger partial charge in [0.15, 0.2) is 6.10 Å². The molecule has 0 saturated carbocycles. The van der Waals surface area contributed by atoms with Crippen molar-refractivity contribution in [3.05, 3.63) is 0 Å². The first kappa shape index (κ1) is 16.4. The van der Waals surface area contributed by atoms with Gasteiger partial charge in [0.25, 0.3) is 6.29 Å². The van der Waals surface area contributed by atoms with Gasteiger partial charge in [-0.2, -0.15) is 0 Å². The fourth-order valence-corrected chi connectivity index (χ4v) is 2.12. The van der Waals surface area contributed by atoms with Gasteiger partial charge < -0.3 is 23.8 Å². The lowest BCUT2D eigenvalue weighted by Gasteiger charge is -2.42. The molecule has 0 radical (unpaired) electrons. The second-order valence-electron chi connectivity index (χ2n) is 4.91. The molecule has 112 valence electrons. The van der Waals surface area contributed by atoms with Crippen molar-refractivity contribution in [2.75, 3.05) is 21.3 Å². The second kappa shape index (κ2) is 7.79. The van der Waals surface area contributed by atoms with E-state index in [4.69, 9.17) is 23.8 Å². The van der Waals surface area contributed by atoms with Gasteiger partial charge in [-0.1, -0.05) is 19.0 Å². The highest BCUT2D eigenvalue weighted by atomic mass is 16.8. The Labute approximate surface area is 115 Å². The number of rotatable bonds is 6. The standard InChI is InChI=1S/C13H25NO5/c1-8(2)7-14-19-13-12(17-6)11(16-5)10(15-4)9(3)18-13/h7-13H,1-6H3/b14-7+/t9-,10-,11+,12+,13-/m0/s1. The molecule has 6 heteroatoms. The Morgan fingerprint density at radius 2 is 1.58 bits per heavy atom. The molecule has 0 N–H and O–H groups in total. The fraction of sp³-hybridized carbons (Fsp3) is 0.923. The minimum atomic E-state index is -0.605. The van der Waals surface area contributed by atoms with Crippen molar-refractivity contribution >= 4 is 6.21 Å². The van der Waals surface area contributed by atoms with Crippen LogP contribution in [0.5, 0.6) is 0 Å². The Hall–Kier alpha value is -0.690. The summed E-state index contributed by atoms with van der Waals surface area (Å²) in [6, 6.07) is 0. The number of ether oxygens (including phenoxy) is 4. The predicted octanol–water partition coefficient (Wildman–Crippen LogP) is 1.43. The largest absolute Gasteiger partial charge is 0.376 e. The van der Waals surface area contributed by atoms with Crippen molar-refractivity contribution in [2.24, 2.45) is 11.1 Å². The summed E-state index contributed by atoms with van der Waals surface area (Å²) in [7, 11) is 4.84. The van der Waals surface area contributed by atoms with Gasteiger partial charge in [-0.05, 0) is 12.8 Å². The first-order valence-corrected chi connectivity index (χ1v) is 6.48. The van der Waals surface area contributed by atoms with Crippen molar-refractivity contribution < 1.29 is 23.8 Å². The summed E-state index contributed by atoms with van der Waals surface area (Å²) in [5, 5.41) is 3.92. The molecule has 0 aromatic heterocycles. The van der Waals surface area contributed by atoms with Gasteiger partial charge in [-0.15, -0.1) is 0 Å². The number of methoxy groups -OCH3 is 3. The van der Waals surface area contributed by atoms with E-state index in [0.29, 0.717) is 5.92 Å². The molecule has 6 nitrogen and oxygen atoms in total. The normalized spacial score (nSPS) is 36.1. The van der Waals surface area contributed by atoms with E-state index >= 15 is 0 Å². The van der Waals surface area contributed by atoms with Crippen LogP contribution in [0.3, 0.4) is 0 Å². The molecule has 5 atom stereocenters. The molecule has 0 amide bonds. The van der Waals surface area contributed by atoms with Crippen LogP contribution < -0.4 is 0 Å². The van der Waals surface area contributed by atoms with Gasteiger partial charge in [-0.25, -0.2) is 0 Å². The molecule has 0 aromatic carbocycles. The zero-order chi connectivity index (χ0) is 14.4. The van der Waals surface area contributed by atoms with Crippen LogP contribution in [-0.4, -0.2) is 58.2 Å². The number of hydrogen-bond donors (Lipinski definition) is 0. The van der Waals surface area contributed by atoms with Crippen molar-refractivity contribution in [1.29, 1.82) is 0 Å². The molecule has 0 unspecified atom stereocenters. The third kappa shape index (κ3) is 4.14. The van der Waals surface area contributed by atoms with Crippen LogP contribution in [0.25, 0.3) is 0 Å². The summed E-state index contributed by atoms with van der Waals surface area (Å²) in [5.74, 6) is 0.312. The topological polar surface area (TPSA) is 58.5 Å². The van der Waals surface area contributed by atoms with E-state index in [0.717, 1.165) is 0 Å². The molecule has 19 heavy (non-hydrogen) atoms. The molecule has 1 rings (SSSR count). The Morgan fingerprint density at radius 3 is 2.05 bits per heavy atom. The lowest BCUT2D eigenvalue weighted by Crippen LogP contribution is -2.59. The Kier molecular flexibility index (Phi) is 6.71.